The van der Waals surface area contributed by atoms with Crippen molar-refractivity contribution in [1.29, 1.82) is 0 Å². The molecule has 0 aliphatic rings. The first-order chi connectivity index (χ1) is 8.04. The Morgan fingerprint density at radius 3 is 2.88 bits per heavy atom. The van der Waals surface area contributed by atoms with E-state index in [-0.39, 0.29) is 11.9 Å². The molecular formula is C13H20N2OS. The number of benzene rings is 1. The quantitative estimate of drug-likeness (QED) is 0.791. The number of carbonyl (C=O) groups is 1. The van der Waals surface area contributed by atoms with Crippen molar-refractivity contribution in [3.05, 3.63) is 29.3 Å². The first-order valence-corrected chi connectivity index (χ1v) is 6.94. The van der Waals surface area contributed by atoms with Crippen LogP contribution in [-0.2, 0) is 0 Å². The van der Waals surface area contributed by atoms with Crippen LogP contribution in [-0.4, -0.2) is 23.5 Å². The molecule has 0 spiro atoms. The van der Waals surface area contributed by atoms with E-state index in [0.29, 0.717) is 11.3 Å². The highest BCUT2D eigenvalue weighted by Crippen LogP contribution is 2.13. The van der Waals surface area contributed by atoms with Crippen LogP contribution in [0.25, 0.3) is 0 Å². The molecule has 0 aliphatic carbocycles. The standard InChI is InChI=1S/C13H20N2OS/c1-4-17-8-10(3)15-13(16)12-7-11(14)6-5-9(12)2/h5-7,10H,4,8,14H2,1-3H3,(H,15,16). The largest absolute Gasteiger partial charge is 0.399 e. The minimum atomic E-state index is -0.0426. The normalized spacial score (nSPS) is 12.2. The molecule has 0 radical (unpaired) electrons. The zero-order valence-electron chi connectivity index (χ0n) is 10.6. The zero-order valence-corrected chi connectivity index (χ0v) is 11.4. The van der Waals surface area contributed by atoms with Crippen LogP contribution in [0, 0.1) is 6.92 Å². The van der Waals surface area contributed by atoms with E-state index >= 15 is 0 Å². The van der Waals surface area contributed by atoms with Gasteiger partial charge in [-0.2, -0.15) is 11.8 Å². The molecule has 0 bridgehead atoms. The molecule has 1 amide bonds. The van der Waals surface area contributed by atoms with Gasteiger partial charge in [0.05, 0.1) is 0 Å². The van der Waals surface area contributed by atoms with E-state index in [1.165, 1.54) is 0 Å². The molecule has 0 aromatic heterocycles. The third-order valence-corrected chi connectivity index (χ3v) is 3.60. The number of hydrogen-bond acceptors (Lipinski definition) is 3. The SMILES string of the molecule is CCSCC(C)NC(=O)c1cc(N)ccc1C. The molecule has 1 aromatic rings. The van der Waals surface area contributed by atoms with Crippen molar-refractivity contribution in [2.24, 2.45) is 0 Å². The van der Waals surface area contributed by atoms with Gasteiger partial charge in [0.2, 0.25) is 0 Å². The summed E-state index contributed by atoms with van der Waals surface area (Å²) in [4.78, 5) is 12.0. The van der Waals surface area contributed by atoms with Crippen molar-refractivity contribution >= 4 is 23.4 Å². The van der Waals surface area contributed by atoms with Gasteiger partial charge in [-0.3, -0.25) is 4.79 Å². The molecule has 94 valence electrons. The van der Waals surface area contributed by atoms with Crippen molar-refractivity contribution in [3.8, 4) is 0 Å². The van der Waals surface area contributed by atoms with Gasteiger partial charge < -0.3 is 11.1 Å². The highest BCUT2D eigenvalue weighted by atomic mass is 32.2. The summed E-state index contributed by atoms with van der Waals surface area (Å²) < 4.78 is 0. The topological polar surface area (TPSA) is 55.1 Å². The Morgan fingerprint density at radius 2 is 2.24 bits per heavy atom. The smallest absolute Gasteiger partial charge is 0.251 e. The third kappa shape index (κ3) is 4.30. The summed E-state index contributed by atoms with van der Waals surface area (Å²) in [5.74, 6) is 1.96. The maximum absolute atomic E-state index is 12.0. The Bertz CT molecular complexity index is 393. The van der Waals surface area contributed by atoms with Crippen LogP contribution in [0.5, 0.6) is 0 Å². The Morgan fingerprint density at radius 1 is 1.53 bits per heavy atom. The number of hydrogen-bond donors (Lipinski definition) is 2. The van der Waals surface area contributed by atoms with Gasteiger partial charge in [0.25, 0.3) is 5.91 Å². The number of carbonyl (C=O) groups excluding carboxylic acids is 1. The van der Waals surface area contributed by atoms with Crippen molar-refractivity contribution in [3.63, 3.8) is 0 Å². The fraction of sp³-hybridized carbons (Fsp3) is 0.462. The van der Waals surface area contributed by atoms with Gasteiger partial charge in [-0.25, -0.2) is 0 Å². The minimum Gasteiger partial charge on any atom is -0.399 e. The monoisotopic (exact) mass is 252 g/mol. The molecule has 1 aromatic carbocycles. The van der Waals surface area contributed by atoms with E-state index in [1.807, 2.05) is 37.7 Å². The van der Waals surface area contributed by atoms with Crippen LogP contribution < -0.4 is 11.1 Å². The van der Waals surface area contributed by atoms with E-state index in [4.69, 9.17) is 5.73 Å². The number of amides is 1. The lowest BCUT2D eigenvalue weighted by molar-refractivity contribution is 0.0943. The average molecular weight is 252 g/mol. The van der Waals surface area contributed by atoms with E-state index in [0.717, 1.165) is 17.1 Å². The molecule has 17 heavy (non-hydrogen) atoms. The Labute approximate surface area is 107 Å². The maximum atomic E-state index is 12.0. The molecule has 0 aliphatic heterocycles. The second kappa shape index (κ2) is 6.55. The fourth-order valence-corrected chi connectivity index (χ4v) is 2.19. The van der Waals surface area contributed by atoms with Crippen molar-refractivity contribution in [1.82, 2.24) is 5.32 Å². The predicted molar refractivity (Wildman–Crippen MR) is 75.5 cm³/mol. The number of nitrogens with one attached hydrogen (secondary N) is 1. The summed E-state index contributed by atoms with van der Waals surface area (Å²) in [6.07, 6.45) is 0. The Balaban J connectivity index is 2.66. The molecule has 4 heteroatoms. The van der Waals surface area contributed by atoms with Crippen molar-refractivity contribution in [2.75, 3.05) is 17.2 Å². The van der Waals surface area contributed by atoms with Gasteiger partial charge >= 0.3 is 0 Å². The maximum Gasteiger partial charge on any atom is 0.251 e. The number of aryl methyl sites for hydroxylation is 1. The third-order valence-electron chi connectivity index (χ3n) is 2.46. The average Bonchev–Trinajstić information content (AvgIpc) is 2.29. The molecule has 0 heterocycles. The predicted octanol–water partition coefficient (Wildman–Crippen LogP) is 2.45. The summed E-state index contributed by atoms with van der Waals surface area (Å²) in [6.45, 7) is 6.04. The molecule has 1 atom stereocenters. The highest BCUT2D eigenvalue weighted by molar-refractivity contribution is 7.99. The van der Waals surface area contributed by atoms with Crippen LogP contribution in [0.4, 0.5) is 5.69 Å². The Hall–Kier alpha value is -1.16. The van der Waals surface area contributed by atoms with Gasteiger partial charge in [0.1, 0.15) is 0 Å². The van der Waals surface area contributed by atoms with Gasteiger partial charge in [0.15, 0.2) is 0 Å². The fourth-order valence-electron chi connectivity index (χ4n) is 1.52. The van der Waals surface area contributed by atoms with Crippen molar-refractivity contribution < 1.29 is 4.79 Å². The molecule has 0 saturated carbocycles. The first-order valence-electron chi connectivity index (χ1n) is 5.79. The van der Waals surface area contributed by atoms with Gasteiger partial charge in [-0.05, 0) is 37.3 Å². The summed E-state index contributed by atoms with van der Waals surface area (Å²) in [7, 11) is 0. The molecule has 3 N–H and O–H groups in total. The molecule has 0 fully saturated rings. The van der Waals surface area contributed by atoms with E-state index in [9.17, 15) is 4.79 Å². The molecule has 0 saturated heterocycles. The summed E-state index contributed by atoms with van der Waals surface area (Å²) >= 11 is 1.82. The lowest BCUT2D eigenvalue weighted by Crippen LogP contribution is -2.34. The van der Waals surface area contributed by atoms with Crippen LogP contribution in [0.1, 0.15) is 29.8 Å². The number of anilines is 1. The molecule has 3 nitrogen and oxygen atoms in total. The van der Waals surface area contributed by atoms with E-state index < -0.39 is 0 Å². The number of thioether (sulfide) groups is 1. The lowest BCUT2D eigenvalue weighted by atomic mass is 10.1. The first kappa shape index (κ1) is 13.9. The van der Waals surface area contributed by atoms with Crippen LogP contribution in [0.2, 0.25) is 0 Å². The van der Waals surface area contributed by atoms with E-state index in [2.05, 4.69) is 12.2 Å². The van der Waals surface area contributed by atoms with Crippen LogP contribution in [0.15, 0.2) is 18.2 Å². The zero-order chi connectivity index (χ0) is 12.8. The van der Waals surface area contributed by atoms with E-state index in [1.54, 1.807) is 6.07 Å². The number of rotatable bonds is 5. The highest BCUT2D eigenvalue weighted by Gasteiger charge is 2.12. The van der Waals surface area contributed by atoms with Gasteiger partial charge in [-0.15, -0.1) is 0 Å². The van der Waals surface area contributed by atoms with Gasteiger partial charge in [-0.1, -0.05) is 13.0 Å². The summed E-state index contributed by atoms with van der Waals surface area (Å²) in [5.41, 5.74) is 7.93. The molecule has 1 unspecified atom stereocenters. The van der Waals surface area contributed by atoms with Gasteiger partial charge in [0, 0.05) is 23.0 Å². The van der Waals surface area contributed by atoms with Crippen LogP contribution >= 0.6 is 11.8 Å². The second-order valence-corrected chi connectivity index (χ2v) is 5.43. The minimum absolute atomic E-state index is 0.0426. The number of nitrogens with two attached hydrogens (primary N) is 1. The summed E-state index contributed by atoms with van der Waals surface area (Å²) in [5, 5.41) is 2.98. The number of nitrogen functional groups attached to an aromatic ring is 1. The van der Waals surface area contributed by atoms with Crippen LogP contribution in [0.3, 0.4) is 0 Å². The molecular weight excluding hydrogens is 232 g/mol. The lowest BCUT2D eigenvalue weighted by Gasteiger charge is -2.14. The summed E-state index contributed by atoms with van der Waals surface area (Å²) in [6, 6.07) is 5.58. The molecule has 1 rings (SSSR count). The Kier molecular flexibility index (Phi) is 5.35. The second-order valence-electron chi connectivity index (χ2n) is 4.11. The van der Waals surface area contributed by atoms with Crippen molar-refractivity contribution in [2.45, 2.75) is 26.8 Å².